The Morgan fingerprint density at radius 1 is 1.18 bits per heavy atom. The Morgan fingerprint density at radius 2 is 2.00 bits per heavy atom. The zero-order valence-electron chi connectivity index (χ0n) is 18.9. The van der Waals surface area contributed by atoms with Gasteiger partial charge in [-0.3, -0.25) is 0 Å². The number of aryl methyl sites for hydroxylation is 1. The average molecular weight is 472 g/mol. The number of rotatable bonds is 8. The van der Waals surface area contributed by atoms with E-state index in [1.54, 1.807) is 23.8 Å². The molecule has 4 aromatic rings. The molecule has 9 nitrogen and oxygen atoms in total. The van der Waals surface area contributed by atoms with Crippen molar-refractivity contribution in [1.29, 1.82) is 0 Å². The number of nitrogens with one attached hydrogen (secondary N) is 1. The number of halogens is 2. The fraction of sp³-hybridized carbons (Fsp3) is 0.478. The Kier molecular flexibility index (Phi) is 6.38. The molecule has 0 saturated heterocycles. The summed E-state index contributed by atoms with van der Waals surface area (Å²) >= 11 is 0. The number of aliphatic hydroxyl groups excluding tert-OH is 1. The highest BCUT2D eigenvalue weighted by atomic mass is 19.3. The molecule has 1 aliphatic rings. The predicted octanol–water partition coefficient (Wildman–Crippen LogP) is 3.45. The third kappa shape index (κ3) is 4.58. The quantitative estimate of drug-likeness (QED) is 0.406. The van der Waals surface area contributed by atoms with Gasteiger partial charge in [0.25, 0.3) is 6.43 Å². The van der Waals surface area contributed by atoms with E-state index in [-0.39, 0.29) is 18.8 Å². The number of pyridine rings is 1. The first-order valence-electron chi connectivity index (χ1n) is 11.5. The highest BCUT2D eigenvalue weighted by Gasteiger charge is 2.22. The van der Waals surface area contributed by atoms with Crippen LogP contribution in [0.2, 0.25) is 0 Å². The van der Waals surface area contributed by atoms with Crippen molar-refractivity contribution < 1.29 is 18.6 Å². The first-order valence-corrected chi connectivity index (χ1v) is 11.5. The highest BCUT2D eigenvalue weighted by Crippen LogP contribution is 2.29. The normalized spacial score (nSPS) is 18.9. The van der Waals surface area contributed by atoms with E-state index in [1.165, 1.54) is 4.57 Å². The van der Waals surface area contributed by atoms with Gasteiger partial charge in [0.2, 0.25) is 5.95 Å². The van der Waals surface area contributed by atoms with Crippen LogP contribution in [0.25, 0.3) is 27.8 Å². The largest absolute Gasteiger partial charge is 0.394 e. The number of imidazole rings is 1. The summed E-state index contributed by atoms with van der Waals surface area (Å²) in [7, 11) is 0. The minimum atomic E-state index is -2.47. The molecule has 0 unspecified atom stereocenters. The highest BCUT2D eigenvalue weighted by molar-refractivity contribution is 5.85. The molecule has 0 spiro atoms. The number of aliphatic hydroxyl groups is 1. The van der Waals surface area contributed by atoms with Gasteiger partial charge in [0, 0.05) is 29.6 Å². The second-order valence-electron chi connectivity index (χ2n) is 8.58. The molecular weight excluding hydrogens is 444 g/mol. The molecule has 180 valence electrons. The van der Waals surface area contributed by atoms with Crippen LogP contribution in [-0.4, -0.2) is 66.0 Å². The Labute approximate surface area is 194 Å². The van der Waals surface area contributed by atoms with E-state index >= 15 is 0 Å². The molecule has 11 heteroatoms. The maximum absolute atomic E-state index is 13.1. The lowest BCUT2D eigenvalue weighted by Crippen LogP contribution is -2.31. The lowest BCUT2D eigenvalue weighted by Gasteiger charge is -2.28. The number of ether oxygens (including phenoxy) is 1. The van der Waals surface area contributed by atoms with Gasteiger partial charge in [0.05, 0.1) is 43.1 Å². The van der Waals surface area contributed by atoms with Crippen LogP contribution in [0.15, 0.2) is 30.7 Å². The third-order valence-corrected chi connectivity index (χ3v) is 6.30. The van der Waals surface area contributed by atoms with Gasteiger partial charge in [-0.2, -0.15) is 0 Å². The maximum atomic E-state index is 13.1. The summed E-state index contributed by atoms with van der Waals surface area (Å²) in [5.41, 5.74) is 3.47. The second kappa shape index (κ2) is 9.59. The molecule has 0 bridgehead atoms. The minimum Gasteiger partial charge on any atom is -0.394 e. The average Bonchev–Trinajstić information content (AvgIpc) is 3.38. The van der Waals surface area contributed by atoms with E-state index in [0.29, 0.717) is 29.5 Å². The molecule has 0 amide bonds. The Bertz CT molecular complexity index is 1280. The van der Waals surface area contributed by atoms with Crippen molar-refractivity contribution in [3.8, 4) is 11.1 Å². The zero-order valence-corrected chi connectivity index (χ0v) is 18.9. The van der Waals surface area contributed by atoms with Gasteiger partial charge in [0.15, 0.2) is 5.65 Å². The summed E-state index contributed by atoms with van der Waals surface area (Å²) in [4.78, 5) is 13.2. The van der Waals surface area contributed by atoms with Crippen molar-refractivity contribution in [2.24, 2.45) is 0 Å². The Morgan fingerprint density at radius 3 is 2.76 bits per heavy atom. The van der Waals surface area contributed by atoms with Gasteiger partial charge >= 0.3 is 0 Å². The molecule has 0 aromatic carbocycles. The minimum absolute atomic E-state index is 0.0494. The van der Waals surface area contributed by atoms with Crippen LogP contribution >= 0.6 is 0 Å². The van der Waals surface area contributed by atoms with Crippen molar-refractivity contribution >= 4 is 22.6 Å². The standard InChI is InChI=1S/C23H27F2N7O2/c1-14-28-22-19(31(14)13-21(24)25)10-15(11-26-22)18-6-7-32-20(18)12-27-23(30-32)29-16-2-4-17(5-3-16)34-9-8-33/h6-7,10-12,16-17,21,33H,2-5,8-9,13H2,1H3,(H,29,30)/t16-,17+. The smallest absolute Gasteiger partial charge is 0.256 e. The number of hydrogen-bond acceptors (Lipinski definition) is 7. The molecule has 1 fully saturated rings. The molecule has 1 aliphatic carbocycles. The van der Waals surface area contributed by atoms with Gasteiger partial charge in [-0.15, -0.1) is 5.10 Å². The van der Waals surface area contributed by atoms with Crippen LogP contribution in [0.3, 0.4) is 0 Å². The summed E-state index contributed by atoms with van der Waals surface area (Å²) in [6.45, 7) is 1.72. The van der Waals surface area contributed by atoms with Gasteiger partial charge in [0.1, 0.15) is 5.82 Å². The van der Waals surface area contributed by atoms with Crippen molar-refractivity contribution in [1.82, 2.24) is 29.1 Å². The number of hydrogen-bond donors (Lipinski definition) is 2. The molecule has 34 heavy (non-hydrogen) atoms. The van der Waals surface area contributed by atoms with Crippen LogP contribution in [-0.2, 0) is 11.3 Å². The number of alkyl halides is 2. The van der Waals surface area contributed by atoms with Gasteiger partial charge in [-0.05, 0) is 44.7 Å². The summed E-state index contributed by atoms with van der Waals surface area (Å²) in [5.74, 6) is 1.06. The maximum Gasteiger partial charge on any atom is 0.256 e. The van der Waals surface area contributed by atoms with Crippen molar-refractivity contribution in [2.75, 3.05) is 18.5 Å². The molecule has 2 N–H and O–H groups in total. The molecule has 4 heterocycles. The third-order valence-electron chi connectivity index (χ3n) is 6.30. The first kappa shape index (κ1) is 22.6. The number of fused-ring (bicyclic) bond motifs is 2. The lowest BCUT2D eigenvalue weighted by molar-refractivity contribution is 0.00719. The van der Waals surface area contributed by atoms with E-state index in [2.05, 4.69) is 25.4 Å². The number of anilines is 1. The molecule has 5 rings (SSSR count). The van der Waals surface area contributed by atoms with Crippen LogP contribution in [0.4, 0.5) is 14.7 Å². The van der Waals surface area contributed by atoms with Crippen molar-refractivity contribution in [3.63, 3.8) is 0 Å². The number of aromatic nitrogens is 6. The topological polar surface area (TPSA) is 102 Å². The van der Waals surface area contributed by atoms with E-state index < -0.39 is 13.0 Å². The SMILES string of the molecule is Cc1nc2ncc(-c3ccn4nc(N[C@H]5CC[C@@H](OCCO)CC5)ncc34)cc2n1CC(F)F. The fourth-order valence-corrected chi connectivity index (χ4v) is 4.62. The van der Waals surface area contributed by atoms with E-state index in [9.17, 15) is 8.78 Å². The summed E-state index contributed by atoms with van der Waals surface area (Å²) in [6, 6.07) is 4.02. The molecule has 4 aromatic heterocycles. The molecule has 0 aliphatic heterocycles. The van der Waals surface area contributed by atoms with Crippen molar-refractivity contribution in [3.05, 3.63) is 36.5 Å². The van der Waals surface area contributed by atoms with E-state index in [4.69, 9.17) is 9.84 Å². The van der Waals surface area contributed by atoms with Crippen LogP contribution in [0.5, 0.6) is 0 Å². The summed E-state index contributed by atoms with van der Waals surface area (Å²) < 4.78 is 35.0. The Hall–Kier alpha value is -3.18. The van der Waals surface area contributed by atoms with Gasteiger partial charge in [-0.25, -0.2) is 28.2 Å². The number of nitrogens with zero attached hydrogens (tertiary/aromatic N) is 6. The first-order chi connectivity index (χ1) is 16.5. The predicted molar refractivity (Wildman–Crippen MR) is 123 cm³/mol. The zero-order chi connectivity index (χ0) is 23.7. The second-order valence-corrected chi connectivity index (χ2v) is 8.58. The van der Waals surface area contributed by atoms with Gasteiger partial charge < -0.3 is 19.7 Å². The van der Waals surface area contributed by atoms with Crippen LogP contribution < -0.4 is 5.32 Å². The van der Waals surface area contributed by atoms with E-state index in [1.807, 2.05) is 18.3 Å². The molecule has 1 saturated carbocycles. The van der Waals surface area contributed by atoms with Crippen LogP contribution in [0, 0.1) is 6.92 Å². The van der Waals surface area contributed by atoms with Gasteiger partial charge in [-0.1, -0.05) is 0 Å². The molecule has 0 radical (unpaired) electrons. The summed E-state index contributed by atoms with van der Waals surface area (Å²) in [5, 5.41) is 16.9. The van der Waals surface area contributed by atoms with E-state index in [0.717, 1.165) is 42.3 Å². The van der Waals surface area contributed by atoms with Crippen LogP contribution in [0.1, 0.15) is 31.5 Å². The monoisotopic (exact) mass is 471 g/mol. The van der Waals surface area contributed by atoms with Crippen molar-refractivity contribution in [2.45, 2.75) is 57.7 Å². The summed E-state index contributed by atoms with van der Waals surface area (Å²) in [6.07, 6.45) is 6.80. The lowest BCUT2D eigenvalue weighted by atomic mass is 9.93. The Balaban J connectivity index is 1.35. The molecule has 0 atom stereocenters. The fourth-order valence-electron chi connectivity index (χ4n) is 4.62. The molecular formula is C23H27F2N7O2.